The van der Waals surface area contributed by atoms with E-state index in [9.17, 15) is 18.0 Å². The number of anilines is 2. The average Bonchev–Trinajstić information content (AvgIpc) is 3.12. The first-order chi connectivity index (χ1) is 13.8. The number of alkyl halides is 3. The molecule has 0 bridgehead atoms. The number of carbonyl (C=O) groups is 1. The van der Waals surface area contributed by atoms with Crippen LogP contribution in [-0.4, -0.2) is 26.8 Å². The highest BCUT2D eigenvalue weighted by molar-refractivity contribution is 9.10. The lowest BCUT2D eigenvalue weighted by atomic mass is 9.97. The number of carbonyl (C=O) groups excluding carboxylic acids is 1. The fraction of sp³-hybridized carbons (Fsp3) is 0.211. The fourth-order valence-electron chi connectivity index (χ4n) is 3.23. The number of halogens is 4. The molecule has 3 heterocycles. The van der Waals surface area contributed by atoms with Crippen LogP contribution >= 0.6 is 15.9 Å². The summed E-state index contributed by atoms with van der Waals surface area (Å²) in [5.74, 6) is -0.467. The van der Waals surface area contributed by atoms with E-state index in [4.69, 9.17) is 0 Å². The van der Waals surface area contributed by atoms with Gasteiger partial charge < -0.3 is 10.6 Å². The molecule has 1 aromatic carbocycles. The Balaban J connectivity index is 1.65. The van der Waals surface area contributed by atoms with Crippen molar-refractivity contribution in [2.24, 2.45) is 0 Å². The highest BCUT2D eigenvalue weighted by Gasteiger charge is 2.46. The Labute approximate surface area is 172 Å². The summed E-state index contributed by atoms with van der Waals surface area (Å²) in [7, 11) is 0. The van der Waals surface area contributed by atoms with Gasteiger partial charge in [-0.1, -0.05) is 28.1 Å². The van der Waals surface area contributed by atoms with Crippen molar-refractivity contribution in [3.05, 3.63) is 70.6 Å². The van der Waals surface area contributed by atoms with Crippen LogP contribution in [0.4, 0.5) is 24.7 Å². The van der Waals surface area contributed by atoms with Crippen molar-refractivity contribution in [3.63, 3.8) is 0 Å². The first-order valence-electron chi connectivity index (χ1n) is 8.71. The van der Waals surface area contributed by atoms with Crippen molar-refractivity contribution in [1.29, 1.82) is 0 Å². The third kappa shape index (κ3) is 4.12. The van der Waals surface area contributed by atoms with Gasteiger partial charge in [0, 0.05) is 23.2 Å². The summed E-state index contributed by atoms with van der Waals surface area (Å²) >= 11 is 3.32. The predicted molar refractivity (Wildman–Crippen MR) is 105 cm³/mol. The minimum atomic E-state index is -4.51. The number of nitrogens with zero attached hydrogens (tertiary/aromatic N) is 3. The van der Waals surface area contributed by atoms with Crippen LogP contribution in [0.5, 0.6) is 0 Å². The Morgan fingerprint density at radius 3 is 2.66 bits per heavy atom. The second kappa shape index (κ2) is 7.51. The lowest BCUT2D eigenvalue weighted by Crippen LogP contribution is -2.35. The normalized spacial score (nSPS) is 18.6. The maximum Gasteiger partial charge on any atom is 0.410 e. The number of rotatable bonds is 3. The second-order valence-electron chi connectivity index (χ2n) is 6.60. The zero-order chi connectivity index (χ0) is 20.6. The monoisotopic (exact) mass is 465 g/mol. The lowest BCUT2D eigenvalue weighted by Gasteiger charge is -2.33. The molecule has 6 nitrogen and oxygen atoms in total. The van der Waals surface area contributed by atoms with Crippen molar-refractivity contribution in [2.75, 3.05) is 10.6 Å². The Kier molecular flexibility index (Phi) is 5.03. The van der Waals surface area contributed by atoms with E-state index in [0.717, 1.165) is 14.7 Å². The molecule has 150 valence electrons. The van der Waals surface area contributed by atoms with Crippen LogP contribution in [0.15, 0.2) is 59.3 Å². The largest absolute Gasteiger partial charge is 0.410 e. The van der Waals surface area contributed by atoms with Crippen LogP contribution in [-0.2, 0) is 0 Å². The molecule has 1 aliphatic rings. The molecule has 1 aliphatic heterocycles. The summed E-state index contributed by atoms with van der Waals surface area (Å²) in [5, 5.41) is 9.58. The van der Waals surface area contributed by atoms with E-state index in [1.54, 1.807) is 42.6 Å². The molecule has 10 heteroatoms. The summed E-state index contributed by atoms with van der Waals surface area (Å²) in [4.78, 5) is 16.3. The van der Waals surface area contributed by atoms with Gasteiger partial charge in [0.15, 0.2) is 11.7 Å². The SMILES string of the molecule is O=C(Nc1cccnc1)c1cc2n(n1)C(C(F)(F)F)CC(c1ccc(Br)cc1)N2. The van der Waals surface area contributed by atoms with E-state index >= 15 is 0 Å². The maximum absolute atomic E-state index is 13.7. The molecular weight excluding hydrogens is 451 g/mol. The second-order valence-corrected chi connectivity index (χ2v) is 7.51. The van der Waals surface area contributed by atoms with E-state index in [1.807, 2.05) is 0 Å². The van der Waals surface area contributed by atoms with Gasteiger partial charge in [0.05, 0.1) is 17.9 Å². The molecule has 2 atom stereocenters. The highest BCUT2D eigenvalue weighted by Crippen LogP contribution is 2.43. The average molecular weight is 466 g/mol. The van der Waals surface area contributed by atoms with Crippen LogP contribution in [0, 0.1) is 0 Å². The summed E-state index contributed by atoms with van der Waals surface area (Å²) < 4.78 is 42.9. The van der Waals surface area contributed by atoms with Gasteiger partial charge in [-0.3, -0.25) is 9.78 Å². The van der Waals surface area contributed by atoms with Gasteiger partial charge >= 0.3 is 6.18 Å². The minimum absolute atomic E-state index is 0.109. The van der Waals surface area contributed by atoms with E-state index in [1.165, 1.54) is 12.3 Å². The van der Waals surface area contributed by atoms with Gasteiger partial charge in [0.1, 0.15) is 5.82 Å². The smallest absolute Gasteiger partial charge is 0.363 e. The van der Waals surface area contributed by atoms with Crippen molar-refractivity contribution < 1.29 is 18.0 Å². The molecule has 3 aromatic rings. The van der Waals surface area contributed by atoms with Gasteiger partial charge in [0.2, 0.25) is 0 Å². The van der Waals surface area contributed by atoms with E-state index in [-0.39, 0.29) is 17.9 Å². The van der Waals surface area contributed by atoms with Crippen LogP contribution < -0.4 is 10.6 Å². The van der Waals surface area contributed by atoms with Crippen molar-refractivity contribution in [3.8, 4) is 0 Å². The maximum atomic E-state index is 13.7. The number of nitrogens with one attached hydrogen (secondary N) is 2. The Morgan fingerprint density at radius 1 is 1.24 bits per heavy atom. The van der Waals surface area contributed by atoms with Gasteiger partial charge in [0.25, 0.3) is 5.91 Å². The van der Waals surface area contributed by atoms with Crippen molar-refractivity contribution >= 4 is 33.3 Å². The first-order valence-corrected chi connectivity index (χ1v) is 9.50. The summed E-state index contributed by atoms with van der Waals surface area (Å²) in [6.07, 6.45) is -1.75. The molecular formula is C19H15BrF3N5O. The Bertz CT molecular complexity index is 1020. The molecule has 2 N–H and O–H groups in total. The number of hydrogen-bond donors (Lipinski definition) is 2. The van der Waals surface area contributed by atoms with Crippen LogP contribution in [0.2, 0.25) is 0 Å². The number of fused-ring (bicyclic) bond motifs is 1. The topological polar surface area (TPSA) is 71.8 Å². The van der Waals surface area contributed by atoms with E-state index < -0.39 is 24.2 Å². The summed E-state index contributed by atoms with van der Waals surface area (Å²) in [5.41, 5.74) is 1.04. The van der Waals surface area contributed by atoms with Crippen LogP contribution in [0.3, 0.4) is 0 Å². The third-order valence-corrected chi connectivity index (χ3v) is 5.14. The van der Waals surface area contributed by atoms with Gasteiger partial charge in [-0.15, -0.1) is 0 Å². The molecule has 1 amide bonds. The van der Waals surface area contributed by atoms with Crippen molar-refractivity contribution in [1.82, 2.24) is 14.8 Å². The van der Waals surface area contributed by atoms with E-state index in [2.05, 4.69) is 36.6 Å². The molecule has 0 spiro atoms. The first kappa shape index (κ1) is 19.4. The van der Waals surface area contributed by atoms with Gasteiger partial charge in [-0.05, 0) is 29.8 Å². The molecule has 2 aromatic heterocycles. The van der Waals surface area contributed by atoms with Crippen LogP contribution in [0.1, 0.15) is 34.6 Å². The molecule has 0 radical (unpaired) electrons. The number of hydrogen-bond acceptors (Lipinski definition) is 4. The summed E-state index contributed by atoms with van der Waals surface area (Å²) in [6, 6.07) is 9.26. The fourth-order valence-corrected chi connectivity index (χ4v) is 3.49. The minimum Gasteiger partial charge on any atom is -0.363 e. The number of pyridine rings is 1. The molecule has 0 aliphatic carbocycles. The standard InChI is InChI=1S/C19H15BrF3N5O/c20-12-5-3-11(4-6-12)14-8-16(19(21,22)23)28-17(26-14)9-15(27-28)18(29)25-13-2-1-7-24-10-13/h1-7,9-10,14,16,26H,8H2,(H,25,29). The number of benzene rings is 1. The molecule has 2 unspecified atom stereocenters. The summed E-state index contributed by atoms with van der Waals surface area (Å²) in [6.45, 7) is 0. The van der Waals surface area contributed by atoms with Crippen LogP contribution in [0.25, 0.3) is 0 Å². The van der Waals surface area contributed by atoms with Gasteiger partial charge in [-0.2, -0.15) is 18.3 Å². The molecule has 0 saturated heterocycles. The zero-order valence-electron chi connectivity index (χ0n) is 14.8. The highest BCUT2D eigenvalue weighted by atomic mass is 79.9. The quantitative estimate of drug-likeness (QED) is 0.573. The van der Waals surface area contributed by atoms with Gasteiger partial charge in [-0.25, -0.2) is 4.68 Å². The molecule has 0 fully saturated rings. The molecule has 0 saturated carbocycles. The van der Waals surface area contributed by atoms with E-state index in [0.29, 0.717) is 5.69 Å². The molecule has 29 heavy (non-hydrogen) atoms. The molecule has 4 rings (SSSR count). The van der Waals surface area contributed by atoms with Crippen molar-refractivity contribution in [2.45, 2.75) is 24.7 Å². The predicted octanol–water partition coefficient (Wildman–Crippen LogP) is 4.95. The Morgan fingerprint density at radius 2 is 2.00 bits per heavy atom. The number of amides is 1. The zero-order valence-corrected chi connectivity index (χ0v) is 16.4. The third-order valence-electron chi connectivity index (χ3n) is 4.61. The Hall–Kier alpha value is -2.88. The number of aromatic nitrogens is 3. The lowest BCUT2D eigenvalue weighted by molar-refractivity contribution is -0.173.